The monoisotopic (exact) mass is 338 g/mol. The van der Waals surface area contributed by atoms with Gasteiger partial charge in [0.1, 0.15) is 5.75 Å². The quantitative estimate of drug-likeness (QED) is 0.860. The van der Waals surface area contributed by atoms with Gasteiger partial charge < -0.3 is 10.1 Å². The molecule has 2 aromatic rings. The zero-order valence-electron chi connectivity index (χ0n) is 15.0. The molecule has 1 heterocycles. The predicted molar refractivity (Wildman–Crippen MR) is 98.6 cm³/mol. The van der Waals surface area contributed by atoms with Crippen LogP contribution >= 0.6 is 0 Å². The molecule has 25 heavy (non-hydrogen) atoms. The van der Waals surface area contributed by atoms with Crippen molar-refractivity contribution in [3.05, 3.63) is 53.2 Å². The van der Waals surface area contributed by atoms with Gasteiger partial charge in [-0.2, -0.15) is 0 Å². The average Bonchev–Trinajstić information content (AvgIpc) is 2.64. The Morgan fingerprint density at radius 1 is 1.16 bits per heavy atom. The van der Waals surface area contributed by atoms with Crippen LogP contribution in [0.15, 0.2) is 36.5 Å². The molecule has 0 atom stereocenters. The molecule has 3 rings (SSSR count). The number of rotatable bonds is 5. The standard InChI is InChI=1S/C21H26N2O2/c1-15-8-9-16(2)19(12-15)25-20-11-10-17(13-22-20)14-23-21(24)18-6-4-3-5-7-18/h8-13,18H,3-7,14H2,1-2H3,(H,23,24). The molecule has 1 aromatic heterocycles. The van der Waals surface area contributed by atoms with Crippen molar-refractivity contribution in [3.8, 4) is 11.6 Å². The van der Waals surface area contributed by atoms with E-state index >= 15 is 0 Å². The highest BCUT2D eigenvalue weighted by Crippen LogP contribution is 2.25. The Labute approximate surface area is 149 Å². The van der Waals surface area contributed by atoms with Gasteiger partial charge in [0, 0.05) is 24.7 Å². The van der Waals surface area contributed by atoms with E-state index < -0.39 is 0 Å². The molecule has 0 radical (unpaired) electrons. The summed E-state index contributed by atoms with van der Waals surface area (Å²) in [6.45, 7) is 4.58. The first-order valence-electron chi connectivity index (χ1n) is 9.09. The van der Waals surface area contributed by atoms with E-state index in [2.05, 4.69) is 16.4 Å². The predicted octanol–water partition coefficient (Wildman–Crippen LogP) is 4.69. The van der Waals surface area contributed by atoms with Crippen LogP contribution in [0.5, 0.6) is 11.6 Å². The van der Waals surface area contributed by atoms with Gasteiger partial charge >= 0.3 is 0 Å². The van der Waals surface area contributed by atoms with E-state index in [1.54, 1.807) is 6.20 Å². The summed E-state index contributed by atoms with van der Waals surface area (Å²) in [5.74, 6) is 1.76. The van der Waals surface area contributed by atoms with Crippen LogP contribution in [0.4, 0.5) is 0 Å². The Hall–Kier alpha value is -2.36. The number of hydrogen-bond donors (Lipinski definition) is 1. The third-order valence-corrected chi connectivity index (χ3v) is 4.80. The minimum Gasteiger partial charge on any atom is -0.439 e. The topological polar surface area (TPSA) is 51.2 Å². The Morgan fingerprint density at radius 3 is 2.68 bits per heavy atom. The van der Waals surface area contributed by atoms with E-state index in [9.17, 15) is 4.79 Å². The third-order valence-electron chi connectivity index (χ3n) is 4.80. The molecule has 4 nitrogen and oxygen atoms in total. The van der Waals surface area contributed by atoms with Gasteiger partial charge in [-0.15, -0.1) is 0 Å². The highest BCUT2D eigenvalue weighted by Gasteiger charge is 2.20. The number of aryl methyl sites for hydroxylation is 2. The molecule has 0 bridgehead atoms. The van der Waals surface area contributed by atoms with Crippen molar-refractivity contribution in [2.75, 3.05) is 0 Å². The fourth-order valence-corrected chi connectivity index (χ4v) is 3.20. The number of nitrogens with one attached hydrogen (secondary N) is 1. The van der Waals surface area contributed by atoms with Crippen LogP contribution in [0.2, 0.25) is 0 Å². The Kier molecular flexibility index (Phi) is 5.69. The van der Waals surface area contributed by atoms with Crippen LogP contribution < -0.4 is 10.1 Å². The minimum atomic E-state index is 0.176. The Balaban J connectivity index is 1.55. The van der Waals surface area contributed by atoms with Crippen LogP contribution in [0.3, 0.4) is 0 Å². The van der Waals surface area contributed by atoms with Crippen molar-refractivity contribution in [1.82, 2.24) is 10.3 Å². The number of aromatic nitrogens is 1. The van der Waals surface area contributed by atoms with Crippen molar-refractivity contribution in [2.24, 2.45) is 5.92 Å². The van der Waals surface area contributed by atoms with E-state index in [1.165, 1.54) is 19.3 Å². The number of nitrogens with zero attached hydrogens (tertiary/aromatic N) is 1. The summed E-state index contributed by atoms with van der Waals surface area (Å²) < 4.78 is 5.87. The summed E-state index contributed by atoms with van der Waals surface area (Å²) in [4.78, 5) is 16.6. The van der Waals surface area contributed by atoms with E-state index in [0.29, 0.717) is 12.4 Å². The highest BCUT2D eigenvalue weighted by atomic mass is 16.5. The zero-order valence-corrected chi connectivity index (χ0v) is 15.0. The largest absolute Gasteiger partial charge is 0.439 e. The second-order valence-electron chi connectivity index (χ2n) is 6.93. The SMILES string of the molecule is Cc1ccc(C)c(Oc2ccc(CNC(=O)C3CCCCC3)cn2)c1. The molecule has 132 valence electrons. The van der Waals surface area contributed by atoms with Crippen molar-refractivity contribution in [2.45, 2.75) is 52.5 Å². The molecule has 1 N–H and O–H groups in total. The molecule has 0 saturated heterocycles. The maximum atomic E-state index is 12.2. The van der Waals surface area contributed by atoms with Gasteiger partial charge in [0.2, 0.25) is 11.8 Å². The highest BCUT2D eigenvalue weighted by molar-refractivity contribution is 5.78. The molecule has 1 aliphatic rings. The second-order valence-corrected chi connectivity index (χ2v) is 6.93. The number of hydrogen-bond acceptors (Lipinski definition) is 3. The van der Waals surface area contributed by atoms with E-state index in [1.807, 2.05) is 38.1 Å². The van der Waals surface area contributed by atoms with Gasteiger partial charge in [-0.1, -0.05) is 37.5 Å². The Bertz CT molecular complexity index is 719. The number of carbonyl (C=O) groups is 1. The fraction of sp³-hybridized carbons (Fsp3) is 0.429. The summed E-state index contributed by atoms with van der Waals surface area (Å²) in [7, 11) is 0. The molecule has 0 unspecified atom stereocenters. The van der Waals surface area contributed by atoms with Gasteiger partial charge in [-0.3, -0.25) is 4.79 Å². The molecular formula is C21H26N2O2. The van der Waals surface area contributed by atoms with Gasteiger partial charge in [0.15, 0.2) is 0 Å². The summed E-state index contributed by atoms with van der Waals surface area (Å²) >= 11 is 0. The number of pyridine rings is 1. The molecular weight excluding hydrogens is 312 g/mol. The molecule has 1 saturated carbocycles. The summed E-state index contributed by atoms with van der Waals surface area (Å²) in [6.07, 6.45) is 7.41. The van der Waals surface area contributed by atoms with Gasteiger partial charge in [-0.25, -0.2) is 4.98 Å². The maximum Gasteiger partial charge on any atom is 0.223 e. The molecule has 1 fully saturated rings. The van der Waals surface area contributed by atoms with Crippen LogP contribution in [-0.4, -0.2) is 10.9 Å². The lowest BCUT2D eigenvalue weighted by Crippen LogP contribution is -2.31. The first kappa shape index (κ1) is 17.5. The number of amides is 1. The molecule has 1 amide bonds. The lowest BCUT2D eigenvalue weighted by atomic mass is 9.88. The minimum absolute atomic E-state index is 0.176. The van der Waals surface area contributed by atoms with Gasteiger partial charge in [0.25, 0.3) is 0 Å². The van der Waals surface area contributed by atoms with Crippen LogP contribution in [0.25, 0.3) is 0 Å². The smallest absolute Gasteiger partial charge is 0.223 e. The lowest BCUT2D eigenvalue weighted by Gasteiger charge is -2.20. The molecule has 4 heteroatoms. The second kappa shape index (κ2) is 8.15. The molecule has 0 aliphatic heterocycles. The van der Waals surface area contributed by atoms with Gasteiger partial charge in [0.05, 0.1) is 0 Å². The third kappa shape index (κ3) is 4.81. The molecule has 1 aliphatic carbocycles. The summed E-state index contributed by atoms with van der Waals surface area (Å²) in [5.41, 5.74) is 3.22. The summed E-state index contributed by atoms with van der Waals surface area (Å²) in [6, 6.07) is 9.92. The lowest BCUT2D eigenvalue weighted by molar-refractivity contribution is -0.126. The molecule has 0 spiro atoms. The van der Waals surface area contributed by atoms with E-state index in [-0.39, 0.29) is 11.8 Å². The normalized spacial score (nSPS) is 15.0. The first-order valence-corrected chi connectivity index (χ1v) is 9.09. The van der Waals surface area contributed by atoms with Crippen LogP contribution in [0.1, 0.15) is 48.8 Å². The van der Waals surface area contributed by atoms with Crippen molar-refractivity contribution >= 4 is 5.91 Å². The summed E-state index contributed by atoms with van der Waals surface area (Å²) in [5, 5.41) is 3.03. The number of benzene rings is 1. The van der Waals surface area contributed by atoms with E-state index in [0.717, 1.165) is 35.3 Å². The fourth-order valence-electron chi connectivity index (χ4n) is 3.20. The van der Waals surface area contributed by atoms with Crippen molar-refractivity contribution < 1.29 is 9.53 Å². The number of ether oxygens (including phenoxy) is 1. The van der Waals surface area contributed by atoms with Crippen molar-refractivity contribution in [1.29, 1.82) is 0 Å². The Morgan fingerprint density at radius 2 is 1.96 bits per heavy atom. The molecule has 1 aromatic carbocycles. The number of carbonyl (C=O) groups excluding carboxylic acids is 1. The maximum absolute atomic E-state index is 12.2. The van der Waals surface area contributed by atoms with Crippen LogP contribution in [-0.2, 0) is 11.3 Å². The van der Waals surface area contributed by atoms with Crippen LogP contribution in [0, 0.1) is 19.8 Å². The van der Waals surface area contributed by atoms with Crippen molar-refractivity contribution in [3.63, 3.8) is 0 Å². The van der Waals surface area contributed by atoms with Gasteiger partial charge in [-0.05, 0) is 49.4 Å². The van der Waals surface area contributed by atoms with E-state index in [4.69, 9.17) is 4.74 Å². The first-order chi connectivity index (χ1) is 12.1. The zero-order chi connectivity index (χ0) is 17.6. The average molecular weight is 338 g/mol.